The molecular weight excluding hydrogens is 264 g/mol. The topological polar surface area (TPSA) is 45.3 Å². The van der Waals surface area contributed by atoms with E-state index in [-0.39, 0.29) is 12.5 Å². The Morgan fingerprint density at radius 1 is 1.33 bits per heavy atom. The Hall–Kier alpha value is -1.81. The molecule has 2 aromatic rings. The summed E-state index contributed by atoms with van der Waals surface area (Å²) in [4.78, 5) is 17.7. The second kappa shape index (κ2) is 5.19. The van der Waals surface area contributed by atoms with E-state index in [0.29, 0.717) is 12.5 Å². The second-order valence-corrected chi connectivity index (χ2v) is 6.15. The second-order valence-electron chi connectivity index (χ2n) is 6.15. The van der Waals surface area contributed by atoms with Crippen LogP contribution in [0.15, 0.2) is 24.3 Å². The van der Waals surface area contributed by atoms with E-state index in [1.807, 2.05) is 11.0 Å². The minimum atomic E-state index is 0.117. The molecule has 4 nitrogen and oxygen atoms in total. The van der Waals surface area contributed by atoms with Crippen molar-refractivity contribution in [3.8, 4) is 0 Å². The third-order valence-corrected chi connectivity index (χ3v) is 4.51. The van der Waals surface area contributed by atoms with Gasteiger partial charge in [0, 0.05) is 41.7 Å². The summed E-state index contributed by atoms with van der Waals surface area (Å²) in [5, 5.41) is 1.24. The average Bonchev–Trinajstić information content (AvgIpc) is 3.26. The van der Waals surface area contributed by atoms with Crippen LogP contribution in [0.25, 0.3) is 10.9 Å². The van der Waals surface area contributed by atoms with Gasteiger partial charge < -0.3 is 14.6 Å². The lowest BCUT2D eigenvalue weighted by molar-refractivity contribution is -0.137. The lowest BCUT2D eigenvalue weighted by Gasteiger charge is -2.27. The Bertz CT molecular complexity index is 672. The SMILES string of the molecule is O=C(COCC1CC1)N1CCc2[nH]c3ccccc3c2C1. The number of hydrogen-bond donors (Lipinski definition) is 1. The number of carbonyl (C=O) groups is 1. The van der Waals surface area contributed by atoms with Crippen LogP contribution in [0.2, 0.25) is 0 Å². The lowest BCUT2D eigenvalue weighted by atomic mass is 10.0. The van der Waals surface area contributed by atoms with E-state index in [1.54, 1.807) is 0 Å². The van der Waals surface area contributed by atoms with E-state index in [2.05, 4.69) is 23.2 Å². The number of aromatic amines is 1. The number of H-pyrrole nitrogens is 1. The molecule has 0 spiro atoms. The number of para-hydroxylation sites is 1. The molecule has 1 saturated carbocycles. The Morgan fingerprint density at radius 2 is 2.19 bits per heavy atom. The fraction of sp³-hybridized carbons (Fsp3) is 0.471. The standard InChI is InChI=1S/C17H20N2O2/c20-17(11-21-10-12-5-6-12)19-8-7-16-14(9-19)13-3-1-2-4-15(13)18-16/h1-4,12,18H,5-11H2. The molecule has 1 N–H and O–H groups in total. The predicted octanol–water partition coefficient (Wildman–Crippen LogP) is 2.48. The molecule has 1 aromatic heterocycles. The summed E-state index contributed by atoms with van der Waals surface area (Å²) in [5.41, 5.74) is 3.72. The van der Waals surface area contributed by atoms with Crippen molar-refractivity contribution >= 4 is 16.8 Å². The van der Waals surface area contributed by atoms with E-state index in [9.17, 15) is 4.79 Å². The number of amides is 1. The van der Waals surface area contributed by atoms with Crippen LogP contribution < -0.4 is 0 Å². The van der Waals surface area contributed by atoms with E-state index in [4.69, 9.17) is 4.74 Å². The lowest BCUT2D eigenvalue weighted by Crippen LogP contribution is -2.38. The highest BCUT2D eigenvalue weighted by molar-refractivity contribution is 5.86. The molecule has 0 saturated heterocycles. The Balaban J connectivity index is 1.46. The largest absolute Gasteiger partial charge is 0.371 e. The molecule has 0 bridgehead atoms. The van der Waals surface area contributed by atoms with Crippen LogP contribution in [-0.4, -0.2) is 35.5 Å². The normalized spacial score (nSPS) is 18.0. The van der Waals surface area contributed by atoms with Crippen molar-refractivity contribution in [2.24, 2.45) is 5.92 Å². The fourth-order valence-corrected chi connectivity index (χ4v) is 3.07. The van der Waals surface area contributed by atoms with Gasteiger partial charge in [0.2, 0.25) is 5.91 Å². The first-order valence-corrected chi connectivity index (χ1v) is 7.75. The van der Waals surface area contributed by atoms with Crippen LogP contribution in [-0.2, 0) is 22.5 Å². The van der Waals surface area contributed by atoms with E-state index in [0.717, 1.165) is 19.6 Å². The summed E-state index contributed by atoms with van der Waals surface area (Å²) in [6.07, 6.45) is 3.42. The van der Waals surface area contributed by atoms with Crippen molar-refractivity contribution in [3.05, 3.63) is 35.5 Å². The van der Waals surface area contributed by atoms with Gasteiger partial charge in [0.15, 0.2) is 0 Å². The molecule has 110 valence electrons. The summed E-state index contributed by atoms with van der Waals surface area (Å²) >= 11 is 0. The van der Waals surface area contributed by atoms with Crippen molar-refractivity contribution in [1.82, 2.24) is 9.88 Å². The number of carbonyl (C=O) groups excluding carboxylic acids is 1. The Labute approximate surface area is 124 Å². The number of fused-ring (bicyclic) bond motifs is 3. The summed E-state index contributed by atoms with van der Waals surface area (Å²) < 4.78 is 5.53. The predicted molar refractivity (Wildman–Crippen MR) is 81.0 cm³/mol. The van der Waals surface area contributed by atoms with E-state index < -0.39 is 0 Å². The molecule has 4 heteroatoms. The molecule has 2 aliphatic rings. The van der Waals surface area contributed by atoms with Crippen LogP contribution in [0.3, 0.4) is 0 Å². The van der Waals surface area contributed by atoms with Crippen LogP contribution in [0, 0.1) is 5.92 Å². The molecule has 2 heterocycles. The van der Waals surface area contributed by atoms with Crippen molar-refractivity contribution in [2.45, 2.75) is 25.8 Å². The summed E-state index contributed by atoms with van der Waals surface area (Å²) in [6, 6.07) is 8.32. The third kappa shape index (κ3) is 2.56. The number of ether oxygens (including phenoxy) is 1. The van der Waals surface area contributed by atoms with Crippen LogP contribution >= 0.6 is 0 Å². The molecule has 21 heavy (non-hydrogen) atoms. The molecule has 0 radical (unpaired) electrons. The highest BCUT2D eigenvalue weighted by Crippen LogP contribution is 2.29. The average molecular weight is 284 g/mol. The molecule has 1 amide bonds. The maximum atomic E-state index is 12.3. The summed E-state index contributed by atoms with van der Waals surface area (Å²) in [6.45, 7) is 2.46. The van der Waals surface area contributed by atoms with Gasteiger partial charge in [-0.05, 0) is 24.8 Å². The van der Waals surface area contributed by atoms with Crippen LogP contribution in [0.1, 0.15) is 24.1 Å². The zero-order valence-corrected chi connectivity index (χ0v) is 12.1. The van der Waals surface area contributed by atoms with Gasteiger partial charge in [0.05, 0.1) is 6.61 Å². The van der Waals surface area contributed by atoms with Gasteiger partial charge in [-0.1, -0.05) is 18.2 Å². The minimum Gasteiger partial charge on any atom is -0.371 e. The number of benzene rings is 1. The molecular formula is C17H20N2O2. The number of nitrogens with zero attached hydrogens (tertiary/aromatic N) is 1. The molecule has 1 aromatic carbocycles. The number of rotatable bonds is 4. The maximum absolute atomic E-state index is 12.3. The minimum absolute atomic E-state index is 0.117. The van der Waals surface area contributed by atoms with Crippen molar-refractivity contribution in [3.63, 3.8) is 0 Å². The van der Waals surface area contributed by atoms with Gasteiger partial charge in [-0.15, -0.1) is 0 Å². The van der Waals surface area contributed by atoms with Crippen molar-refractivity contribution in [1.29, 1.82) is 0 Å². The van der Waals surface area contributed by atoms with Gasteiger partial charge >= 0.3 is 0 Å². The molecule has 1 aliphatic carbocycles. The quantitative estimate of drug-likeness (QED) is 0.937. The monoisotopic (exact) mass is 284 g/mol. The number of nitrogens with one attached hydrogen (secondary N) is 1. The van der Waals surface area contributed by atoms with Gasteiger partial charge in [0.25, 0.3) is 0 Å². The smallest absolute Gasteiger partial charge is 0.248 e. The van der Waals surface area contributed by atoms with E-state index in [1.165, 1.54) is 35.0 Å². The Kier molecular flexibility index (Phi) is 3.19. The highest BCUT2D eigenvalue weighted by atomic mass is 16.5. The van der Waals surface area contributed by atoms with Gasteiger partial charge in [-0.3, -0.25) is 4.79 Å². The first-order valence-electron chi connectivity index (χ1n) is 7.75. The molecule has 4 rings (SSSR count). The van der Waals surface area contributed by atoms with Crippen molar-refractivity contribution < 1.29 is 9.53 Å². The first-order chi connectivity index (χ1) is 10.3. The van der Waals surface area contributed by atoms with Crippen molar-refractivity contribution in [2.75, 3.05) is 19.8 Å². The Morgan fingerprint density at radius 3 is 3.05 bits per heavy atom. The molecule has 0 unspecified atom stereocenters. The molecule has 0 atom stereocenters. The van der Waals surface area contributed by atoms with Gasteiger partial charge in [0.1, 0.15) is 6.61 Å². The van der Waals surface area contributed by atoms with Crippen LogP contribution in [0.4, 0.5) is 0 Å². The number of aromatic nitrogens is 1. The number of hydrogen-bond acceptors (Lipinski definition) is 2. The van der Waals surface area contributed by atoms with Gasteiger partial charge in [-0.2, -0.15) is 0 Å². The summed E-state index contributed by atoms with van der Waals surface area (Å²) in [7, 11) is 0. The zero-order chi connectivity index (χ0) is 14.2. The van der Waals surface area contributed by atoms with Crippen LogP contribution in [0.5, 0.6) is 0 Å². The zero-order valence-electron chi connectivity index (χ0n) is 12.1. The molecule has 1 aliphatic heterocycles. The fourth-order valence-electron chi connectivity index (χ4n) is 3.07. The third-order valence-electron chi connectivity index (χ3n) is 4.51. The first kappa shape index (κ1) is 12.9. The van der Waals surface area contributed by atoms with Gasteiger partial charge in [-0.25, -0.2) is 0 Å². The maximum Gasteiger partial charge on any atom is 0.248 e. The molecule has 1 fully saturated rings. The highest BCUT2D eigenvalue weighted by Gasteiger charge is 2.25. The van der Waals surface area contributed by atoms with E-state index >= 15 is 0 Å². The summed E-state index contributed by atoms with van der Waals surface area (Å²) in [5.74, 6) is 0.825.